The number of nitrogens with zero attached hydrogens (tertiary/aromatic N) is 1. The maximum Gasteiger partial charge on any atom is 0.224 e. The predicted molar refractivity (Wildman–Crippen MR) is 104 cm³/mol. The van der Waals surface area contributed by atoms with Crippen LogP contribution in [0.5, 0.6) is 11.5 Å². The van der Waals surface area contributed by atoms with E-state index in [1.807, 2.05) is 35.7 Å². The Morgan fingerprint density at radius 2 is 1.85 bits per heavy atom. The Morgan fingerprint density at radius 1 is 1.08 bits per heavy atom. The van der Waals surface area contributed by atoms with Gasteiger partial charge in [0.1, 0.15) is 0 Å². The minimum absolute atomic E-state index is 0.0614. The van der Waals surface area contributed by atoms with E-state index in [4.69, 9.17) is 9.47 Å². The molecule has 3 rings (SSSR count). The highest BCUT2D eigenvalue weighted by molar-refractivity contribution is 7.09. The van der Waals surface area contributed by atoms with Gasteiger partial charge >= 0.3 is 0 Å². The van der Waals surface area contributed by atoms with E-state index in [1.165, 1.54) is 0 Å². The summed E-state index contributed by atoms with van der Waals surface area (Å²) in [7, 11) is 3.14. The van der Waals surface area contributed by atoms with Crippen LogP contribution >= 0.6 is 11.3 Å². The van der Waals surface area contributed by atoms with E-state index in [0.29, 0.717) is 30.0 Å². The number of nitrogens with one attached hydrogen (secondary N) is 1. The largest absolute Gasteiger partial charge is 0.493 e. The molecule has 2 aromatic carbocycles. The second kappa shape index (κ2) is 8.49. The Morgan fingerprint density at radius 3 is 2.58 bits per heavy atom. The molecule has 0 atom stereocenters. The van der Waals surface area contributed by atoms with Gasteiger partial charge in [0.25, 0.3) is 0 Å². The highest BCUT2D eigenvalue weighted by atomic mass is 32.1. The molecule has 0 aliphatic carbocycles. The molecular weight excluding hydrogens is 348 g/mol. The number of carbonyl (C=O) groups excluding carboxylic acids is 1. The van der Waals surface area contributed by atoms with E-state index >= 15 is 0 Å². The molecule has 0 fully saturated rings. The van der Waals surface area contributed by atoms with Crippen LogP contribution in [0, 0.1) is 0 Å². The highest BCUT2D eigenvalue weighted by Gasteiger charge is 2.10. The van der Waals surface area contributed by atoms with Crippen LogP contribution in [0.25, 0.3) is 11.3 Å². The molecule has 0 radical (unpaired) electrons. The summed E-state index contributed by atoms with van der Waals surface area (Å²) >= 11 is 1.58. The molecule has 26 heavy (non-hydrogen) atoms. The van der Waals surface area contributed by atoms with E-state index in [2.05, 4.69) is 10.3 Å². The summed E-state index contributed by atoms with van der Waals surface area (Å²) in [4.78, 5) is 16.8. The lowest BCUT2D eigenvalue weighted by Crippen LogP contribution is -2.12. The number of amides is 1. The van der Waals surface area contributed by atoms with Gasteiger partial charge in [-0.2, -0.15) is 0 Å². The lowest BCUT2D eigenvalue weighted by molar-refractivity contribution is -0.116. The zero-order valence-electron chi connectivity index (χ0n) is 14.7. The normalized spacial score (nSPS) is 10.4. The topological polar surface area (TPSA) is 60.5 Å². The lowest BCUT2D eigenvalue weighted by Gasteiger charge is -2.10. The highest BCUT2D eigenvalue weighted by Crippen LogP contribution is 2.30. The molecule has 0 saturated heterocycles. The third-order valence-corrected chi connectivity index (χ3v) is 4.76. The molecular formula is C20H20N2O3S. The number of carbonyl (C=O) groups is 1. The quantitative estimate of drug-likeness (QED) is 0.671. The maximum absolute atomic E-state index is 12.2. The van der Waals surface area contributed by atoms with Gasteiger partial charge < -0.3 is 14.8 Å². The Balaban J connectivity index is 1.57. The third-order valence-electron chi connectivity index (χ3n) is 3.85. The first kappa shape index (κ1) is 17.9. The number of rotatable bonds is 7. The Kier molecular flexibility index (Phi) is 5.86. The van der Waals surface area contributed by atoms with Crippen molar-refractivity contribution in [3.05, 3.63) is 58.9 Å². The summed E-state index contributed by atoms with van der Waals surface area (Å²) in [5, 5.41) is 5.85. The molecule has 0 aliphatic rings. The summed E-state index contributed by atoms with van der Waals surface area (Å²) in [6.45, 7) is 0. The lowest BCUT2D eigenvalue weighted by atomic mass is 10.2. The zero-order chi connectivity index (χ0) is 18.4. The molecule has 134 valence electrons. The van der Waals surface area contributed by atoms with Crippen molar-refractivity contribution >= 4 is 22.9 Å². The fourth-order valence-electron chi connectivity index (χ4n) is 2.53. The number of benzene rings is 2. The van der Waals surface area contributed by atoms with Crippen LogP contribution in [0.3, 0.4) is 0 Å². The Hall–Kier alpha value is -2.86. The molecule has 0 bridgehead atoms. The first-order chi connectivity index (χ1) is 12.7. The van der Waals surface area contributed by atoms with Crippen LogP contribution in [0.1, 0.15) is 11.4 Å². The van der Waals surface area contributed by atoms with E-state index in [1.54, 1.807) is 43.8 Å². The number of thiazole rings is 1. The summed E-state index contributed by atoms with van der Waals surface area (Å²) < 4.78 is 10.4. The summed E-state index contributed by atoms with van der Waals surface area (Å²) in [5.74, 6) is 1.15. The molecule has 0 saturated carbocycles. The van der Waals surface area contributed by atoms with Crippen LogP contribution in [0.2, 0.25) is 0 Å². The molecule has 3 aromatic rings. The second-order valence-corrected chi connectivity index (χ2v) is 6.55. The van der Waals surface area contributed by atoms with Crippen molar-refractivity contribution in [1.29, 1.82) is 0 Å². The summed E-state index contributed by atoms with van der Waals surface area (Å²) in [5.41, 5.74) is 2.72. The van der Waals surface area contributed by atoms with E-state index in [0.717, 1.165) is 16.3 Å². The van der Waals surface area contributed by atoms with Gasteiger partial charge in [-0.15, -0.1) is 11.3 Å². The minimum Gasteiger partial charge on any atom is -0.493 e. The SMILES string of the molecule is COc1ccc(NC(=O)CCc2nc(-c3ccccc3)cs2)cc1OC. The molecule has 0 aliphatic heterocycles. The van der Waals surface area contributed by atoms with Crippen LogP contribution < -0.4 is 14.8 Å². The van der Waals surface area contributed by atoms with E-state index in [-0.39, 0.29) is 5.91 Å². The van der Waals surface area contributed by atoms with Crippen LogP contribution in [-0.4, -0.2) is 25.1 Å². The average molecular weight is 368 g/mol. The van der Waals surface area contributed by atoms with Crippen molar-refractivity contribution in [3.8, 4) is 22.8 Å². The molecule has 1 amide bonds. The van der Waals surface area contributed by atoms with Gasteiger partial charge in [0.2, 0.25) is 5.91 Å². The first-order valence-electron chi connectivity index (χ1n) is 8.21. The standard InChI is InChI=1S/C20H20N2O3S/c1-24-17-9-8-15(12-18(17)25-2)21-19(23)10-11-20-22-16(13-26-20)14-6-4-3-5-7-14/h3-9,12-13H,10-11H2,1-2H3,(H,21,23). The smallest absolute Gasteiger partial charge is 0.224 e. The van der Waals surface area contributed by atoms with E-state index < -0.39 is 0 Å². The Labute approximate surface area is 156 Å². The van der Waals surface area contributed by atoms with Gasteiger partial charge in [0.15, 0.2) is 11.5 Å². The van der Waals surface area contributed by atoms with Crippen molar-refractivity contribution in [1.82, 2.24) is 4.98 Å². The predicted octanol–water partition coefficient (Wildman–Crippen LogP) is 4.40. The van der Waals surface area contributed by atoms with Crippen LogP contribution in [0.4, 0.5) is 5.69 Å². The minimum atomic E-state index is -0.0614. The molecule has 1 N–H and O–H groups in total. The van der Waals surface area contributed by atoms with Gasteiger partial charge in [0, 0.05) is 35.5 Å². The van der Waals surface area contributed by atoms with Crippen molar-refractivity contribution in [2.24, 2.45) is 0 Å². The van der Waals surface area contributed by atoms with Crippen molar-refractivity contribution in [2.45, 2.75) is 12.8 Å². The number of aromatic nitrogens is 1. The van der Waals surface area contributed by atoms with Crippen LogP contribution in [0.15, 0.2) is 53.9 Å². The number of methoxy groups -OCH3 is 2. The number of hydrogen-bond donors (Lipinski definition) is 1. The fraction of sp³-hybridized carbons (Fsp3) is 0.200. The second-order valence-electron chi connectivity index (χ2n) is 5.61. The Bertz CT molecular complexity index is 878. The molecule has 0 spiro atoms. The summed E-state index contributed by atoms with van der Waals surface area (Å²) in [6.07, 6.45) is 0.979. The van der Waals surface area contributed by atoms with Gasteiger partial charge in [0.05, 0.1) is 24.9 Å². The fourth-order valence-corrected chi connectivity index (χ4v) is 3.33. The zero-order valence-corrected chi connectivity index (χ0v) is 15.5. The average Bonchev–Trinajstić information content (AvgIpc) is 3.16. The van der Waals surface area contributed by atoms with E-state index in [9.17, 15) is 4.79 Å². The van der Waals surface area contributed by atoms with Gasteiger partial charge in [-0.25, -0.2) is 4.98 Å². The van der Waals surface area contributed by atoms with Gasteiger partial charge in [-0.1, -0.05) is 30.3 Å². The number of aryl methyl sites for hydroxylation is 1. The first-order valence-corrected chi connectivity index (χ1v) is 9.09. The third kappa shape index (κ3) is 4.40. The van der Waals surface area contributed by atoms with Crippen LogP contribution in [-0.2, 0) is 11.2 Å². The molecule has 5 nitrogen and oxygen atoms in total. The molecule has 1 heterocycles. The van der Waals surface area contributed by atoms with Crippen molar-refractivity contribution in [2.75, 3.05) is 19.5 Å². The number of anilines is 1. The van der Waals surface area contributed by atoms with Crippen molar-refractivity contribution < 1.29 is 14.3 Å². The monoisotopic (exact) mass is 368 g/mol. The number of ether oxygens (including phenoxy) is 2. The van der Waals surface area contributed by atoms with Crippen molar-refractivity contribution in [3.63, 3.8) is 0 Å². The maximum atomic E-state index is 12.2. The van der Waals surface area contributed by atoms with Gasteiger partial charge in [-0.05, 0) is 12.1 Å². The number of hydrogen-bond acceptors (Lipinski definition) is 5. The van der Waals surface area contributed by atoms with Gasteiger partial charge in [-0.3, -0.25) is 4.79 Å². The summed E-state index contributed by atoms with van der Waals surface area (Å²) in [6, 6.07) is 15.3. The molecule has 6 heteroatoms. The molecule has 0 unspecified atom stereocenters. The molecule has 1 aromatic heterocycles.